The van der Waals surface area contributed by atoms with Gasteiger partial charge in [0.2, 0.25) is 0 Å². The molecule has 5 nitrogen and oxygen atoms in total. The molecule has 1 N–H and O–H groups in total. The predicted molar refractivity (Wildman–Crippen MR) is 73.2 cm³/mol. The highest BCUT2D eigenvalue weighted by molar-refractivity contribution is 5.97. The third kappa shape index (κ3) is 4.62. The molecule has 0 radical (unpaired) electrons. The molecule has 0 aliphatic rings. The van der Waals surface area contributed by atoms with Crippen LogP contribution in [-0.2, 0) is 4.79 Å². The normalized spacial score (nSPS) is 10.7. The summed E-state index contributed by atoms with van der Waals surface area (Å²) in [7, 11) is 3.68. The van der Waals surface area contributed by atoms with Gasteiger partial charge in [-0.25, -0.2) is 4.39 Å². The Morgan fingerprint density at radius 3 is 2.40 bits per heavy atom. The molecule has 0 spiro atoms. The standard InChI is InChI=1S/C14H19FN2O3/c1-10-8-11(15)4-5-12(10)14(20)17(9-13(18)19)7-6-16(2)3/h4-5,8H,6-7,9H2,1-3H3,(H,18,19). The second-order valence-electron chi connectivity index (χ2n) is 4.88. The van der Waals surface area contributed by atoms with E-state index in [4.69, 9.17) is 5.11 Å². The number of halogens is 1. The first-order chi connectivity index (χ1) is 9.31. The first kappa shape index (κ1) is 16.1. The van der Waals surface area contributed by atoms with Gasteiger partial charge in [0.05, 0.1) is 0 Å². The maximum absolute atomic E-state index is 13.1. The second kappa shape index (κ2) is 7.00. The Morgan fingerprint density at radius 1 is 1.25 bits per heavy atom. The van der Waals surface area contributed by atoms with Crippen LogP contribution in [0.5, 0.6) is 0 Å². The van der Waals surface area contributed by atoms with Crippen LogP contribution in [0.4, 0.5) is 4.39 Å². The van der Waals surface area contributed by atoms with Crippen LogP contribution in [-0.4, -0.2) is 60.5 Å². The molecular weight excluding hydrogens is 263 g/mol. The Kier molecular flexibility index (Phi) is 5.64. The Hall–Kier alpha value is -1.95. The van der Waals surface area contributed by atoms with Gasteiger partial charge in [-0.1, -0.05) is 0 Å². The van der Waals surface area contributed by atoms with Crippen LogP contribution in [0.15, 0.2) is 18.2 Å². The number of benzene rings is 1. The Labute approximate surface area is 117 Å². The van der Waals surface area contributed by atoms with E-state index in [2.05, 4.69) is 0 Å². The van der Waals surface area contributed by atoms with Gasteiger partial charge in [-0.3, -0.25) is 9.59 Å². The number of carboxylic acids is 1. The lowest BCUT2D eigenvalue weighted by molar-refractivity contribution is -0.137. The van der Waals surface area contributed by atoms with E-state index in [1.807, 2.05) is 19.0 Å². The SMILES string of the molecule is Cc1cc(F)ccc1C(=O)N(CCN(C)C)CC(=O)O. The number of carboxylic acid groups (broad SMARTS) is 1. The molecule has 1 amide bonds. The summed E-state index contributed by atoms with van der Waals surface area (Å²) in [5, 5.41) is 8.89. The van der Waals surface area contributed by atoms with Crippen molar-refractivity contribution in [3.63, 3.8) is 0 Å². The lowest BCUT2D eigenvalue weighted by Crippen LogP contribution is -2.40. The van der Waals surface area contributed by atoms with Crippen molar-refractivity contribution in [2.75, 3.05) is 33.7 Å². The van der Waals surface area contributed by atoms with E-state index in [9.17, 15) is 14.0 Å². The fourth-order valence-electron chi connectivity index (χ4n) is 1.77. The number of carbonyl (C=O) groups is 2. The molecule has 0 saturated carbocycles. The van der Waals surface area contributed by atoms with Crippen molar-refractivity contribution in [2.45, 2.75) is 6.92 Å². The first-order valence-electron chi connectivity index (χ1n) is 6.23. The Balaban J connectivity index is 2.93. The van der Waals surface area contributed by atoms with Crippen molar-refractivity contribution in [3.8, 4) is 0 Å². The van der Waals surface area contributed by atoms with E-state index in [0.29, 0.717) is 24.2 Å². The number of hydrogen-bond acceptors (Lipinski definition) is 3. The van der Waals surface area contributed by atoms with Crippen molar-refractivity contribution in [3.05, 3.63) is 35.1 Å². The van der Waals surface area contributed by atoms with Crippen molar-refractivity contribution < 1.29 is 19.1 Å². The van der Waals surface area contributed by atoms with Crippen LogP contribution in [0.2, 0.25) is 0 Å². The highest BCUT2D eigenvalue weighted by Gasteiger charge is 2.20. The smallest absolute Gasteiger partial charge is 0.323 e. The summed E-state index contributed by atoms with van der Waals surface area (Å²) >= 11 is 0. The summed E-state index contributed by atoms with van der Waals surface area (Å²) in [6.45, 7) is 2.11. The van der Waals surface area contributed by atoms with Crippen LogP contribution in [0.1, 0.15) is 15.9 Å². The highest BCUT2D eigenvalue weighted by atomic mass is 19.1. The van der Waals surface area contributed by atoms with E-state index in [0.717, 1.165) is 0 Å². The highest BCUT2D eigenvalue weighted by Crippen LogP contribution is 2.13. The maximum Gasteiger partial charge on any atom is 0.323 e. The van der Waals surface area contributed by atoms with Gasteiger partial charge in [0.15, 0.2) is 0 Å². The number of aryl methyl sites for hydroxylation is 1. The van der Waals surface area contributed by atoms with Gasteiger partial charge in [-0.2, -0.15) is 0 Å². The summed E-state index contributed by atoms with van der Waals surface area (Å²) in [5.74, 6) is -1.89. The van der Waals surface area contributed by atoms with E-state index < -0.39 is 17.7 Å². The molecule has 0 aliphatic carbocycles. The quantitative estimate of drug-likeness (QED) is 0.852. The molecule has 1 aromatic rings. The van der Waals surface area contributed by atoms with Crippen molar-refractivity contribution in [1.29, 1.82) is 0 Å². The van der Waals surface area contributed by atoms with Gasteiger partial charge in [-0.15, -0.1) is 0 Å². The van der Waals surface area contributed by atoms with Crippen molar-refractivity contribution in [2.24, 2.45) is 0 Å². The molecule has 6 heteroatoms. The largest absolute Gasteiger partial charge is 0.480 e. The Morgan fingerprint density at radius 2 is 1.90 bits per heavy atom. The van der Waals surface area contributed by atoms with Gasteiger partial charge < -0.3 is 14.9 Å². The summed E-state index contributed by atoms with van der Waals surface area (Å²) in [6, 6.07) is 3.85. The van der Waals surface area contributed by atoms with Crippen LogP contribution in [0.3, 0.4) is 0 Å². The van der Waals surface area contributed by atoms with E-state index in [1.165, 1.54) is 23.1 Å². The van der Waals surface area contributed by atoms with E-state index in [-0.39, 0.29) is 6.54 Å². The van der Waals surface area contributed by atoms with Gasteiger partial charge in [0.1, 0.15) is 12.4 Å². The molecule has 0 aromatic heterocycles. The monoisotopic (exact) mass is 282 g/mol. The number of likely N-dealkylation sites (N-methyl/N-ethyl adjacent to an activating group) is 1. The minimum absolute atomic E-state index is 0.301. The predicted octanol–water partition coefficient (Wildman–Crippen LogP) is 1.22. The van der Waals surface area contributed by atoms with Crippen LogP contribution in [0, 0.1) is 12.7 Å². The fraction of sp³-hybridized carbons (Fsp3) is 0.429. The summed E-state index contributed by atoms with van der Waals surface area (Å²) in [4.78, 5) is 26.3. The third-order valence-electron chi connectivity index (χ3n) is 2.85. The van der Waals surface area contributed by atoms with Crippen molar-refractivity contribution in [1.82, 2.24) is 9.80 Å². The average Bonchev–Trinajstić information content (AvgIpc) is 2.33. The minimum atomic E-state index is -1.07. The lowest BCUT2D eigenvalue weighted by Gasteiger charge is -2.23. The number of amides is 1. The summed E-state index contributed by atoms with van der Waals surface area (Å²) in [6.07, 6.45) is 0. The molecule has 110 valence electrons. The minimum Gasteiger partial charge on any atom is -0.480 e. The molecule has 1 rings (SSSR count). The van der Waals surface area contributed by atoms with E-state index >= 15 is 0 Å². The van der Waals surface area contributed by atoms with Gasteiger partial charge >= 0.3 is 5.97 Å². The number of carbonyl (C=O) groups excluding carboxylic acids is 1. The molecule has 0 atom stereocenters. The second-order valence-corrected chi connectivity index (χ2v) is 4.88. The first-order valence-corrected chi connectivity index (χ1v) is 6.23. The van der Waals surface area contributed by atoms with E-state index in [1.54, 1.807) is 6.92 Å². The van der Waals surface area contributed by atoms with Gasteiger partial charge in [0.25, 0.3) is 5.91 Å². The zero-order valence-corrected chi connectivity index (χ0v) is 11.9. The van der Waals surface area contributed by atoms with Crippen LogP contribution in [0.25, 0.3) is 0 Å². The zero-order chi connectivity index (χ0) is 15.3. The van der Waals surface area contributed by atoms with Gasteiger partial charge in [-0.05, 0) is 44.8 Å². The van der Waals surface area contributed by atoms with Crippen LogP contribution < -0.4 is 0 Å². The molecule has 20 heavy (non-hydrogen) atoms. The third-order valence-corrected chi connectivity index (χ3v) is 2.85. The zero-order valence-electron chi connectivity index (χ0n) is 11.9. The molecule has 0 saturated heterocycles. The number of aliphatic carboxylic acids is 1. The van der Waals surface area contributed by atoms with Gasteiger partial charge in [0, 0.05) is 18.7 Å². The average molecular weight is 282 g/mol. The fourth-order valence-corrected chi connectivity index (χ4v) is 1.77. The number of nitrogens with zero attached hydrogens (tertiary/aromatic N) is 2. The molecule has 0 bridgehead atoms. The summed E-state index contributed by atoms with van der Waals surface area (Å²) < 4.78 is 13.1. The summed E-state index contributed by atoms with van der Waals surface area (Å²) in [5.41, 5.74) is 0.821. The molecule has 0 aliphatic heterocycles. The molecule has 1 aromatic carbocycles. The molecule has 0 unspecified atom stereocenters. The topological polar surface area (TPSA) is 60.9 Å². The molecular formula is C14H19FN2O3. The Bertz CT molecular complexity index is 503. The maximum atomic E-state index is 13.1. The number of rotatable bonds is 6. The van der Waals surface area contributed by atoms with Crippen molar-refractivity contribution >= 4 is 11.9 Å². The van der Waals surface area contributed by atoms with Crippen LogP contribution >= 0.6 is 0 Å². The lowest BCUT2D eigenvalue weighted by atomic mass is 10.1. The molecule has 0 heterocycles. The molecule has 0 fully saturated rings. The number of hydrogen-bond donors (Lipinski definition) is 1.